The first-order valence-corrected chi connectivity index (χ1v) is 6.21. The molecule has 2 rings (SSSR count). The molecule has 0 aliphatic carbocycles. The highest BCUT2D eigenvalue weighted by Crippen LogP contribution is 2.21. The van der Waals surface area contributed by atoms with Crippen molar-refractivity contribution in [2.45, 2.75) is 12.8 Å². The van der Waals surface area contributed by atoms with Crippen LogP contribution in [-0.4, -0.2) is 37.9 Å². The zero-order valence-electron chi connectivity index (χ0n) is 10.6. The normalized spacial score (nSPS) is 21.2. The van der Waals surface area contributed by atoms with Gasteiger partial charge in [0.1, 0.15) is 0 Å². The summed E-state index contributed by atoms with van der Waals surface area (Å²) in [5.41, 5.74) is 1.83. The fraction of sp³-hybridized carbons (Fsp3) is 0.500. The van der Waals surface area contributed by atoms with Crippen LogP contribution < -0.4 is 5.32 Å². The van der Waals surface area contributed by atoms with Crippen molar-refractivity contribution in [2.24, 2.45) is 5.92 Å². The molecule has 1 aromatic carbocycles. The number of likely N-dealkylation sites (tertiary alicyclic amines) is 1. The molecule has 0 aromatic heterocycles. The van der Waals surface area contributed by atoms with E-state index < -0.39 is 0 Å². The Hall–Kier alpha value is -1.35. The molecule has 1 atom stereocenters. The van der Waals surface area contributed by atoms with E-state index in [-0.39, 0.29) is 11.7 Å². The van der Waals surface area contributed by atoms with Crippen LogP contribution in [0.4, 0.5) is 5.69 Å². The summed E-state index contributed by atoms with van der Waals surface area (Å²) in [5.74, 6) is 0.453. The van der Waals surface area contributed by atoms with Crippen molar-refractivity contribution in [3.05, 3.63) is 29.8 Å². The smallest absolute Gasteiger partial charge is 0.167 e. The molecule has 0 amide bonds. The van der Waals surface area contributed by atoms with Crippen LogP contribution in [0.15, 0.2) is 24.3 Å². The largest absolute Gasteiger partial charge is 0.388 e. The van der Waals surface area contributed by atoms with Gasteiger partial charge in [0.2, 0.25) is 0 Å². The van der Waals surface area contributed by atoms with Gasteiger partial charge in [0, 0.05) is 30.8 Å². The van der Waals surface area contributed by atoms with E-state index in [2.05, 4.69) is 17.3 Å². The molecule has 1 fully saturated rings. The van der Waals surface area contributed by atoms with Gasteiger partial charge >= 0.3 is 0 Å². The molecule has 1 heterocycles. The lowest BCUT2D eigenvalue weighted by Gasteiger charge is -2.28. The molecule has 1 aromatic rings. The van der Waals surface area contributed by atoms with Crippen molar-refractivity contribution < 1.29 is 4.79 Å². The molecule has 0 spiro atoms. The topological polar surface area (TPSA) is 32.3 Å². The van der Waals surface area contributed by atoms with E-state index in [1.165, 1.54) is 0 Å². The number of rotatable bonds is 3. The van der Waals surface area contributed by atoms with Crippen molar-refractivity contribution >= 4 is 11.5 Å². The van der Waals surface area contributed by atoms with Gasteiger partial charge in [-0.3, -0.25) is 4.79 Å². The van der Waals surface area contributed by atoms with E-state index in [4.69, 9.17) is 0 Å². The summed E-state index contributed by atoms with van der Waals surface area (Å²) in [5, 5.41) is 3.07. The van der Waals surface area contributed by atoms with E-state index in [9.17, 15) is 4.79 Å². The monoisotopic (exact) mass is 232 g/mol. The molecule has 0 bridgehead atoms. The van der Waals surface area contributed by atoms with E-state index in [1.54, 1.807) is 0 Å². The predicted octanol–water partition coefficient (Wildman–Crippen LogP) is 2.25. The number of carbonyl (C=O) groups excluding carboxylic acids is 1. The maximum atomic E-state index is 12.4. The zero-order chi connectivity index (χ0) is 12.3. The van der Waals surface area contributed by atoms with Crippen molar-refractivity contribution in [2.75, 3.05) is 32.5 Å². The van der Waals surface area contributed by atoms with Gasteiger partial charge in [-0.2, -0.15) is 0 Å². The summed E-state index contributed by atoms with van der Waals surface area (Å²) >= 11 is 0. The van der Waals surface area contributed by atoms with E-state index in [0.29, 0.717) is 0 Å². The number of hydrogen-bond donors (Lipinski definition) is 1. The second-order valence-corrected chi connectivity index (χ2v) is 4.80. The predicted molar refractivity (Wildman–Crippen MR) is 70.5 cm³/mol. The fourth-order valence-corrected chi connectivity index (χ4v) is 2.44. The minimum atomic E-state index is 0.167. The van der Waals surface area contributed by atoms with Gasteiger partial charge in [0.25, 0.3) is 0 Å². The minimum absolute atomic E-state index is 0.167. The molecule has 92 valence electrons. The van der Waals surface area contributed by atoms with Gasteiger partial charge in [-0.05, 0) is 38.6 Å². The van der Waals surface area contributed by atoms with Crippen LogP contribution >= 0.6 is 0 Å². The van der Waals surface area contributed by atoms with Crippen LogP contribution in [0.3, 0.4) is 0 Å². The van der Waals surface area contributed by atoms with Crippen LogP contribution in [0.5, 0.6) is 0 Å². The SMILES string of the molecule is CNc1cccc(C(=O)C2CCCN(C)C2)c1. The number of Topliss-reactive ketones (excluding diaryl/α,β-unsaturated/α-hetero) is 1. The van der Waals surface area contributed by atoms with Crippen molar-refractivity contribution in [1.82, 2.24) is 4.90 Å². The Morgan fingerprint density at radius 3 is 3.00 bits per heavy atom. The van der Waals surface area contributed by atoms with E-state index >= 15 is 0 Å². The lowest BCUT2D eigenvalue weighted by Crippen LogP contribution is -2.36. The maximum Gasteiger partial charge on any atom is 0.167 e. The number of anilines is 1. The molecule has 17 heavy (non-hydrogen) atoms. The average Bonchev–Trinajstić information content (AvgIpc) is 2.38. The number of benzene rings is 1. The Kier molecular flexibility index (Phi) is 3.79. The molecule has 1 N–H and O–H groups in total. The Morgan fingerprint density at radius 1 is 1.47 bits per heavy atom. The first kappa shape index (κ1) is 12.1. The Labute approximate surface area is 103 Å². The van der Waals surface area contributed by atoms with Gasteiger partial charge < -0.3 is 10.2 Å². The van der Waals surface area contributed by atoms with Crippen LogP contribution in [0.25, 0.3) is 0 Å². The fourth-order valence-electron chi connectivity index (χ4n) is 2.44. The van der Waals surface area contributed by atoms with E-state index in [1.807, 2.05) is 31.3 Å². The molecule has 0 radical (unpaired) electrons. The van der Waals surface area contributed by atoms with Crippen LogP contribution in [-0.2, 0) is 0 Å². The number of piperidine rings is 1. The number of nitrogens with zero attached hydrogens (tertiary/aromatic N) is 1. The Balaban J connectivity index is 2.12. The molecular weight excluding hydrogens is 212 g/mol. The van der Waals surface area contributed by atoms with Gasteiger partial charge in [-0.1, -0.05) is 12.1 Å². The van der Waals surface area contributed by atoms with Crippen molar-refractivity contribution in [3.8, 4) is 0 Å². The molecule has 0 saturated carbocycles. The molecular formula is C14H20N2O. The number of nitrogens with one attached hydrogen (secondary N) is 1. The molecule has 3 heteroatoms. The highest BCUT2D eigenvalue weighted by Gasteiger charge is 2.24. The summed E-state index contributed by atoms with van der Waals surface area (Å²) < 4.78 is 0. The molecule has 1 saturated heterocycles. The van der Waals surface area contributed by atoms with Crippen LogP contribution in [0, 0.1) is 5.92 Å². The van der Waals surface area contributed by atoms with Gasteiger partial charge in [-0.15, -0.1) is 0 Å². The number of ketones is 1. The third kappa shape index (κ3) is 2.86. The maximum absolute atomic E-state index is 12.4. The average molecular weight is 232 g/mol. The lowest BCUT2D eigenvalue weighted by atomic mass is 9.90. The third-order valence-electron chi connectivity index (χ3n) is 3.43. The second kappa shape index (κ2) is 5.32. The van der Waals surface area contributed by atoms with Crippen molar-refractivity contribution in [1.29, 1.82) is 0 Å². The number of hydrogen-bond acceptors (Lipinski definition) is 3. The van der Waals surface area contributed by atoms with E-state index in [0.717, 1.165) is 37.2 Å². The first-order valence-electron chi connectivity index (χ1n) is 6.21. The lowest BCUT2D eigenvalue weighted by molar-refractivity contribution is 0.0843. The Bertz CT molecular complexity index is 403. The summed E-state index contributed by atoms with van der Waals surface area (Å²) in [6, 6.07) is 7.77. The highest BCUT2D eigenvalue weighted by molar-refractivity contribution is 5.98. The van der Waals surface area contributed by atoms with Gasteiger partial charge in [0.05, 0.1) is 0 Å². The molecule has 1 aliphatic rings. The zero-order valence-corrected chi connectivity index (χ0v) is 10.6. The summed E-state index contributed by atoms with van der Waals surface area (Å²) in [7, 11) is 3.96. The summed E-state index contributed by atoms with van der Waals surface area (Å²) in [6.07, 6.45) is 2.14. The van der Waals surface area contributed by atoms with Crippen LogP contribution in [0.2, 0.25) is 0 Å². The second-order valence-electron chi connectivity index (χ2n) is 4.80. The molecule has 1 aliphatic heterocycles. The summed E-state index contributed by atoms with van der Waals surface area (Å²) in [6.45, 7) is 2.00. The first-order chi connectivity index (χ1) is 8.20. The molecule has 3 nitrogen and oxygen atoms in total. The minimum Gasteiger partial charge on any atom is -0.388 e. The van der Waals surface area contributed by atoms with Crippen molar-refractivity contribution in [3.63, 3.8) is 0 Å². The summed E-state index contributed by atoms with van der Waals surface area (Å²) in [4.78, 5) is 14.6. The van der Waals surface area contributed by atoms with Gasteiger partial charge in [-0.25, -0.2) is 0 Å². The quantitative estimate of drug-likeness (QED) is 0.811. The highest BCUT2D eigenvalue weighted by atomic mass is 16.1. The standard InChI is InChI=1S/C14H20N2O/c1-15-13-7-3-5-11(9-13)14(17)12-6-4-8-16(2)10-12/h3,5,7,9,12,15H,4,6,8,10H2,1-2H3. The molecule has 1 unspecified atom stereocenters. The third-order valence-corrected chi connectivity index (χ3v) is 3.43. The van der Waals surface area contributed by atoms with Crippen LogP contribution in [0.1, 0.15) is 23.2 Å². The van der Waals surface area contributed by atoms with Gasteiger partial charge in [0.15, 0.2) is 5.78 Å². The number of carbonyl (C=O) groups is 1. The Morgan fingerprint density at radius 2 is 2.29 bits per heavy atom.